The third-order valence-corrected chi connectivity index (χ3v) is 11.1. The zero-order valence-corrected chi connectivity index (χ0v) is 29.8. The highest BCUT2D eigenvalue weighted by molar-refractivity contribution is 6.09. The van der Waals surface area contributed by atoms with E-state index in [1.165, 1.54) is 50.1 Å². The Kier molecular flexibility index (Phi) is 7.19. The molecule has 0 N–H and O–H groups in total. The lowest BCUT2D eigenvalue weighted by Gasteiger charge is -2.28. The molecule has 53 heavy (non-hydrogen) atoms. The van der Waals surface area contributed by atoms with Crippen LogP contribution in [0.25, 0.3) is 66.4 Å². The third kappa shape index (κ3) is 5.18. The van der Waals surface area contributed by atoms with Gasteiger partial charge in [0.25, 0.3) is 0 Å². The van der Waals surface area contributed by atoms with Crippen molar-refractivity contribution in [2.24, 2.45) is 0 Å². The molecule has 2 nitrogen and oxygen atoms in total. The van der Waals surface area contributed by atoms with Crippen molar-refractivity contribution in [3.63, 3.8) is 0 Å². The summed E-state index contributed by atoms with van der Waals surface area (Å²) in [5, 5.41) is 2.31. The van der Waals surface area contributed by atoms with Gasteiger partial charge in [0.2, 0.25) is 0 Å². The van der Waals surface area contributed by atoms with Gasteiger partial charge in [-0.05, 0) is 98.6 Å². The fraction of sp³-hybridized carbons (Fsp3) is 0.0588. The van der Waals surface area contributed by atoms with E-state index < -0.39 is 0 Å². The van der Waals surface area contributed by atoms with Crippen LogP contribution < -0.4 is 4.90 Å². The molecule has 1 aromatic heterocycles. The molecular formula is C51H37NO. The minimum Gasteiger partial charge on any atom is -0.455 e. The van der Waals surface area contributed by atoms with Gasteiger partial charge in [0, 0.05) is 38.8 Å². The summed E-state index contributed by atoms with van der Waals surface area (Å²) in [6.45, 7) is 4.72. The fourth-order valence-electron chi connectivity index (χ4n) is 8.32. The number of benzene rings is 8. The quantitative estimate of drug-likeness (QED) is 0.174. The first-order valence-electron chi connectivity index (χ1n) is 18.3. The number of hydrogen-bond acceptors (Lipinski definition) is 2. The van der Waals surface area contributed by atoms with E-state index in [1.54, 1.807) is 0 Å². The predicted molar refractivity (Wildman–Crippen MR) is 222 cm³/mol. The molecule has 0 spiro atoms. The van der Waals surface area contributed by atoms with Gasteiger partial charge in [-0.15, -0.1) is 0 Å². The van der Waals surface area contributed by atoms with Crippen molar-refractivity contribution in [3.05, 3.63) is 199 Å². The largest absolute Gasteiger partial charge is 0.455 e. The summed E-state index contributed by atoms with van der Waals surface area (Å²) in [7, 11) is 0. The molecule has 1 aliphatic carbocycles. The van der Waals surface area contributed by atoms with Crippen LogP contribution in [-0.4, -0.2) is 0 Å². The Bertz CT molecular complexity index is 2780. The highest BCUT2D eigenvalue weighted by Gasteiger charge is 2.36. The van der Waals surface area contributed by atoms with Gasteiger partial charge < -0.3 is 9.32 Å². The Morgan fingerprint density at radius 2 is 0.887 bits per heavy atom. The maximum absolute atomic E-state index is 6.45. The molecule has 9 aromatic rings. The first kappa shape index (κ1) is 31.1. The minimum atomic E-state index is -0.198. The smallest absolute Gasteiger partial charge is 0.143 e. The summed E-state index contributed by atoms with van der Waals surface area (Å²) in [5.74, 6) is 0. The van der Waals surface area contributed by atoms with Crippen molar-refractivity contribution >= 4 is 39.0 Å². The molecule has 0 aliphatic heterocycles. The van der Waals surface area contributed by atoms with Crippen molar-refractivity contribution < 1.29 is 4.42 Å². The van der Waals surface area contributed by atoms with Crippen molar-refractivity contribution in [3.8, 4) is 44.5 Å². The molecule has 0 amide bonds. The summed E-state index contributed by atoms with van der Waals surface area (Å²) >= 11 is 0. The molecule has 0 saturated carbocycles. The second-order valence-corrected chi connectivity index (χ2v) is 14.6. The van der Waals surface area contributed by atoms with Crippen molar-refractivity contribution in [2.75, 3.05) is 4.90 Å². The van der Waals surface area contributed by atoms with Crippen LogP contribution in [0.5, 0.6) is 0 Å². The van der Waals surface area contributed by atoms with Crippen LogP contribution in [0.15, 0.2) is 192 Å². The molecule has 0 atom stereocenters. The molecular weight excluding hydrogens is 643 g/mol. The lowest BCUT2D eigenvalue weighted by molar-refractivity contribution is 0.660. The molecule has 0 bridgehead atoms. The molecule has 8 aromatic carbocycles. The lowest BCUT2D eigenvalue weighted by Crippen LogP contribution is -2.16. The van der Waals surface area contributed by atoms with Crippen LogP contribution in [0.1, 0.15) is 25.0 Å². The van der Waals surface area contributed by atoms with Crippen LogP contribution in [0.3, 0.4) is 0 Å². The lowest BCUT2D eigenvalue weighted by atomic mass is 9.81. The van der Waals surface area contributed by atoms with Gasteiger partial charge in [0.15, 0.2) is 0 Å². The SMILES string of the molecule is CC1(C)c2cc(-c3cccc4c3oc3ccccc34)ccc2-c2ccc(N(c3ccccc3)c3ccc(-c4ccc(-c5ccccc5)cc4)cc3)cc21. The van der Waals surface area contributed by atoms with Crippen molar-refractivity contribution in [1.29, 1.82) is 0 Å². The Morgan fingerprint density at radius 3 is 1.60 bits per heavy atom. The van der Waals surface area contributed by atoms with Gasteiger partial charge in [-0.2, -0.15) is 0 Å². The Balaban J connectivity index is 1.01. The predicted octanol–water partition coefficient (Wildman–Crippen LogP) is 14.4. The van der Waals surface area contributed by atoms with E-state index in [0.29, 0.717) is 0 Å². The van der Waals surface area contributed by atoms with Gasteiger partial charge in [0.1, 0.15) is 11.2 Å². The molecule has 2 heteroatoms. The molecule has 0 radical (unpaired) electrons. The maximum atomic E-state index is 6.45. The van der Waals surface area contributed by atoms with E-state index in [0.717, 1.165) is 44.6 Å². The first-order chi connectivity index (χ1) is 26.0. The van der Waals surface area contributed by atoms with Crippen LogP contribution in [0.2, 0.25) is 0 Å². The molecule has 252 valence electrons. The number of para-hydroxylation sites is 3. The number of anilines is 3. The zero-order valence-electron chi connectivity index (χ0n) is 29.8. The molecule has 1 heterocycles. The number of nitrogens with zero attached hydrogens (tertiary/aromatic N) is 1. The van der Waals surface area contributed by atoms with Crippen molar-refractivity contribution in [2.45, 2.75) is 19.3 Å². The van der Waals surface area contributed by atoms with E-state index in [-0.39, 0.29) is 5.41 Å². The summed E-state index contributed by atoms with van der Waals surface area (Å²) in [5.41, 5.74) is 17.5. The second kappa shape index (κ2) is 12.3. The first-order valence-corrected chi connectivity index (χ1v) is 18.3. The normalized spacial score (nSPS) is 12.9. The molecule has 0 unspecified atom stereocenters. The number of hydrogen-bond donors (Lipinski definition) is 0. The Labute approximate surface area is 310 Å². The van der Waals surface area contributed by atoms with Crippen LogP contribution in [-0.2, 0) is 5.41 Å². The minimum absolute atomic E-state index is 0.198. The van der Waals surface area contributed by atoms with E-state index in [1.807, 2.05) is 6.07 Å². The van der Waals surface area contributed by atoms with Gasteiger partial charge in [0.05, 0.1) is 0 Å². The number of fused-ring (bicyclic) bond motifs is 6. The van der Waals surface area contributed by atoms with Gasteiger partial charge in [-0.25, -0.2) is 0 Å². The molecule has 0 saturated heterocycles. The number of rotatable bonds is 6. The van der Waals surface area contributed by atoms with Crippen LogP contribution >= 0.6 is 0 Å². The van der Waals surface area contributed by atoms with Crippen LogP contribution in [0, 0.1) is 0 Å². The van der Waals surface area contributed by atoms with Gasteiger partial charge in [-0.3, -0.25) is 0 Å². The third-order valence-electron chi connectivity index (χ3n) is 11.1. The summed E-state index contributed by atoms with van der Waals surface area (Å²) in [6.07, 6.45) is 0. The summed E-state index contributed by atoms with van der Waals surface area (Å²) in [4.78, 5) is 2.37. The standard InChI is InChI=1S/C51H37NO/c1-51(2)47-32-38(42-17-11-18-46-45-16-9-10-19-49(45)53-50(42)46)26-30-43(47)44-31-29-41(33-48(44)51)52(39-14-7-4-8-15-39)40-27-24-37(25-28-40)36-22-20-35(21-23-36)34-12-5-3-6-13-34/h3-33H,1-2H3. The Morgan fingerprint density at radius 1 is 0.377 bits per heavy atom. The fourth-order valence-corrected chi connectivity index (χ4v) is 8.32. The van der Waals surface area contributed by atoms with E-state index in [9.17, 15) is 0 Å². The van der Waals surface area contributed by atoms with E-state index in [2.05, 4.69) is 201 Å². The molecule has 0 fully saturated rings. The average Bonchev–Trinajstić information content (AvgIpc) is 3.71. The van der Waals surface area contributed by atoms with Crippen LogP contribution in [0.4, 0.5) is 17.1 Å². The van der Waals surface area contributed by atoms with Gasteiger partial charge >= 0.3 is 0 Å². The average molecular weight is 680 g/mol. The monoisotopic (exact) mass is 679 g/mol. The van der Waals surface area contributed by atoms with E-state index >= 15 is 0 Å². The Hall–Kier alpha value is -6.64. The maximum Gasteiger partial charge on any atom is 0.143 e. The summed E-state index contributed by atoms with van der Waals surface area (Å²) < 4.78 is 6.45. The highest BCUT2D eigenvalue weighted by atomic mass is 16.3. The topological polar surface area (TPSA) is 16.4 Å². The molecule has 10 rings (SSSR count). The zero-order chi connectivity index (χ0) is 35.5. The van der Waals surface area contributed by atoms with Crippen molar-refractivity contribution in [1.82, 2.24) is 0 Å². The van der Waals surface area contributed by atoms with Gasteiger partial charge in [-0.1, -0.05) is 153 Å². The summed E-state index contributed by atoms with van der Waals surface area (Å²) in [6, 6.07) is 67.8. The highest BCUT2D eigenvalue weighted by Crippen LogP contribution is 2.52. The second-order valence-electron chi connectivity index (χ2n) is 14.6. The van der Waals surface area contributed by atoms with E-state index in [4.69, 9.17) is 4.42 Å². The molecule has 1 aliphatic rings. The number of furan rings is 1.